The molecule has 2 N–H and O–H groups in total. The Morgan fingerprint density at radius 1 is 1.53 bits per heavy atom. The van der Waals surface area contributed by atoms with Crippen molar-refractivity contribution in [2.45, 2.75) is 25.6 Å². The zero-order valence-electron chi connectivity index (χ0n) is 9.20. The lowest BCUT2D eigenvalue weighted by molar-refractivity contribution is -0.384. The first kappa shape index (κ1) is 13.1. The molecule has 0 heterocycles. The number of nitro benzene ring substituents is 1. The normalized spacial score (nSPS) is 13.8. The Labute approximate surface area is 97.9 Å². The van der Waals surface area contributed by atoms with E-state index in [1.165, 1.54) is 18.2 Å². The summed E-state index contributed by atoms with van der Waals surface area (Å²) in [6, 6.07) is 5.71. The van der Waals surface area contributed by atoms with Crippen LogP contribution in [0.3, 0.4) is 0 Å². The molecule has 90 valence electrons. The molecule has 6 heteroatoms. The molecule has 0 aromatic heterocycles. The van der Waals surface area contributed by atoms with Crippen LogP contribution in [0.5, 0.6) is 0 Å². The number of aliphatic hydroxyl groups is 2. The molecule has 0 saturated carbocycles. The van der Waals surface area contributed by atoms with Gasteiger partial charge in [-0.05, 0) is 24.1 Å². The van der Waals surface area contributed by atoms with Gasteiger partial charge in [-0.2, -0.15) is 5.26 Å². The summed E-state index contributed by atoms with van der Waals surface area (Å²) in [4.78, 5) is 9.99. The van der Waals surface area contributed by atoms with Crippen LogP contribution in [-0.4, -0.2) is 21.2 Å². The first-order valence-corrected chi connectivity index (χ1v) is 4.95. The van der Waals surface area contributed by atoms with Crippen molar-refractivity contribution in [3.05, 3.63) is 39.4 Å². The number of nitriles is 1. The minimum absolute atomic E-state index is 0.0757. The Morgan fingerprint density at radius 2 is 2.18 bits per heavy atom. The number of hydrogen-bond donors (Lipinski definition) is 2. The van der Waals surface area contributed by atoms with Crippen molar-refractivity contribution in [2.75, 3.05) is 0 Å². The summed E-state index contributed by atoms with van der Waals surface area (Å²) in [6.45, 7) is 1.60. The van der Waals surface area contributed by atoms with Crippen LogP contribution in [0, 0.1) is 28.4 Å². The highest BCUT2D eigenvalue weighted by atomic mass is 16.6. The van der Waals surface area contributed by atoms with Crippen LogP contribution < -0.4 is 0 Å². The van der Waals surface area contributed by atoms with Crippen LogP contribution >= 0.6 is 0 Å². The minimum atomic E-state index is -1.21. The number of aliphatic hydroxyl groups excluding tert-OH is 2. The van der Waals surface area contributed by atoms with Gasteiger partial charge in [-0.1, -0.05) is 0 Å². The van der Waals surface area contributed by atoms with Crippen LogP contribution in [0.15, 0.2) is 18.2 Å². The molecule has 1 aromatic rings. The summed E-state index contributed by atoms with van der Waals surface area (Å²) in [5.41, 5.74) is 0.815. The standard InChI is InChI=1S/C11H12N2O4/c1-7-6-8(13(16)17)2-3-9(7)11(15)10(14)4-5-12/h2-3,6,10-11,14-15H,4H2,1H3. The maximum absolute atomic E-state index is 10.5. The zero-order valence-corrected chi connectivity index (χ0v) is 9.20. The van der Waals surface area contributed by atoms with Gasteiger partial charge in [0.15, 0.2) is 0 Å². The van der Waals surface area contributed by atoms with Crippen LogP contribution in [0.2, 0.25) is 0 Å². The summed E-state index contributed by atoms with van der Waals surface area (Å²) in [6.07, 6.45) is -2.60. The third-order valence-corrected chi connectivity index (χ3v) is 2.45. The van der Waals surface area contributed by atoms with Crippen molar-refractivity contribution in [2.24, 2.45) is 0 Å². The zero-order chi connectivity index (χ0) is 13.0. The molecule has 2 unspecified atom stereocenters. The predicted octanol–water partition coefficient (Wildman–Crippen LogP) is 1.21. The number of benzene rings is 1. The monoisotopic (exact) mass is 236 g/mol. The van der Waals surface area contributed by atoms with Gasteiger partial charge in [0.1, 0.15) is 6.10 Å². The van der Waals surface area contributed by atoms with E-state index in [0.717, 1.165) is 0 Å². The third kappa shape index (κ3) is 3.00. The van der Waals surface area contributed by atoms with E-state index in [4.69, 9.17) is 5.26 Å². The molecular weight excluding hydrogens is 224 g/mol. The van der Waals surface area contributed by atoms with Gasteiger partial charge in [-0.3, -0.25) is 10.1 Å². The van der Waals surface area contributed by atoms with E-state index in [-0.39, 0.29) is 12.1 Å². The second-order valence-corrected chi connectivity index (χ2v) is 3.67. The van der Waals surface area contributed by atoms with Crippen LogP contribution in [0.25, 0.3) is 0 Å². The molecule has 0 amide bonds. The van der Waals surface area contributed by atoms with Crippen molar-refractivity contribution in [1.82, 2.24) is 0 Å². The fourth-order valence-corrected chi connectivity index (χ4v) is 1.52. The first-order chi connectivity index (χ1) is 7.97. The molecule has 1 aromatic carbocycles. The number of nitro groups is 1. The molecule has 0 aliphatic carbocycles. The van der Waals surface area contributed by atoms with Crippen LogP contribution in [0.1, 0.15) is 23.7 Å². The molecule has 0 bridgehead atoms. The summed E-state index contributed by atoms with van der Waals surface area (Å²) in [5.74, 6) is 0. The average molecular weight is 236 g/mol. The Morgan fingerprint density at radius 3 is 2.65 bits per heavy atom. The fraction of sp³-hybridized carbons (Fsp3) is 0.364. The second-order valence-electron chi connectivity index (χ2n) is 3.67. The van der Waals surface area contributed by atoms with Crippen molar-refractivity contribution in [3.8, 4) is 6.07 Å². The molecule has 0 aliphatic rings. The van der Waals surface area contributed by atoms with Crippen LogP contribution in [0.4, 0.5) is 5.69 Å². The lowest BCUT2D eigenvalue weighted by Crippen LogP contribution is -2.18. The largest absolute Gasteiger partial charge is 0.389 e. The molecular formula is C11H12N2O4. The van der Waals surface area contributed by atoms with Crippen molar-refractivity contribution >= 4 is 5.69 Å². The van der Waals surface area contributed by atoms with Gasteiger partial charge >= 0.3 is 0 Å². The van der Waals surface area contributed by atoms with Gasteiger partial charge in [-0.25, -0.2) is 0 Å². The Balaban J connectivity index is 3.00. The van der Waals surface area contributed by atoms with E-state index in [2.05, 4.69) is 0 Å². The molecule has 0 radical (unpaired) electrons. The predicted molar refractivity (Wildman–Crippen MR) is 59.0 cm³/mol. The second kappa shape index (κ2) is 5.39. The molecule has 0 fully saturated rings. The minimum Gasteiger partial charge on any atom is -0.389 e. The third-order valence-electron chi connectivity index (χ3n) is 2.45. The lowest BCUT2D eigenvalue weighted by atomic mass is 9.98. The highest BCUT2D eigenvalue weighted by Crippen LogP contribution is 2.25. The van der Waals surface area contributed by atoms with E-state index in [1.54, 1.807) is 13.0 Å². The van der Waals surface area contributed by atoms with Gasteiger partial charge in [0.05, 0.1) is 23.5 Å². The van der Waals surface area contributed by atoms with Gasteiger partial charge in [0, 0.05) is 12.1 Å². The van der Waals surface area contributed by atoms with E-state index >= 15 is 0 Å². The molecule has 1 rings (SSSR count). The number of nitrogens with zero attached hydrogens (tertiary/aromatic N) is 2. The van der Waals surface area contributed by atoms with E-state index in [1.807, 2.05) is 0 Å². The van der Waals surface area contributed by atoms with E-state index in [9.17, 15) is 20.3 Å². The summed E-state index contributed by atoms with van der Waals surface area (Å²) < 4.78 is 0. The SMILES string of the molecule is Cc1cc([N+](=O)[O-])ccc1C(O)C(O)CC#N. The van der Waals surface area contributed by atoms with Crippen molar-refractivity contribution in [3.63, 3.8) is 0 Å². The number of rotatable bonds is 4. The first-order valence-electron chi connectivity index (χ1n) is 4.95. The number of aryl methyl sites for hydroxylation is 1. The molecule has 0 spiro atoms. The quantitative estimate of drug-likeness (QED) is 0.603. The summed E-state index contributed by atoms with van der Waals surface area (Å²) in [5, 5.41) is 38.2. The number of non-ortho nitro benzene ring substituents is 1. The molecule has 6 nitrogen and oxygen atoms in total. The Hall–Kier alpha value is -1.97. The molecule has 2 atom stereocenters. The van der Waals surface area contributed by atoms with Crippen LogP contribution in [-0.2, 0) is 0 Å². The van der Waals surface area contributed by atoms with Gasteiger partial charge < -0.3 is 10.2 Å². The molecule has 0 aliphatic heterocycles. The fourth-order valence-electron chi connectivity index (χ4n) is 1.52. The summed E-state index contributed by atoms with van der Waals surface area (Å²) in [7, 11) is 0. The molecule has 17 heavy (non-hydrogen) atoms. The smallest absolute Gasteiger partial charge is 0.269 e. The Bertz CT molecular complexity index is 467. The maximum Gasteiger partial charge on any atom is 0.269 e. The average Bonchev–Trinajstić information content (AvgIpc) is 2.28. The van der Waals surface area contributed by atoms with Gasteiger partial charge in [0.25, 0.3) is 5.69 Å². The van der Waals surface area contributed by atoms with Gasteiger partial charge in [-0.15, -0.1) is 0 Å². The topological polar surface area (TPSA) is 107 Å². The van der Waals surface area contributed by atoms with E-state index in [0.29, 0.717) is 11.1 Å². The molecule has 0 saturated heterocycles. The number of hydrogen-bond acceptors (Lipinski definition) is 5. The maximum atomic E-state index is 10.5. The Kier molecular flexibility index (Phi) is 4.15. The highest BCUT2D eigenvalue weighted by Gasteiger charge is 2.21. The van der Waals surface area contributed by atoms with Gasteiger partial charge in [0.2, 0.25) is 0 Å². The summed E-state index contributed by atoms with van der Waals surface area (Å²) >= 11 is 0. The lowest BCUT2D eigenvalue weighted by Gasteiger charge is -2.17. The highest BCUT2D eigenvalue weighted by molar-refractivity contribution is 5.40. The van der Waals surface area contributed by atoms with E-state index < -0.39 is 17.1 Å². The van der Waals surface area contributed by atoms with Crippen molar-refractivity contribution < 1.29 is 15.1 Å². The van der Waals surface area contributed by atoms with Crippen molar-refractivity contribution in [1.29, 1.82) is 5.26 Å².